The van der Waals surface area contributed by atoms with E-state index in [1.54, 1.807) is 0 Å². The number of rotatable bonds is 3. The zero-order valence-electron chi connectivity index (χ0n) is 10.4. The molecule has 3 heteroatoms. The highest BCUT2D eigenvalue weighted by atomic mass is 79.9. The molecule has 1 saturated carbocycles. The molecule has 1 fully saturated rings. The highest BCUT2D eigenvalue weighted by molar-refractivity contribution is 9.10. The molecule has 0 amide bonds. The van der Waals surface area contributed by atoms with E-state index in [-0.39, 0.29) is 0 Å². The molecule has 1 N–H and O–H groups in total. The Balaban J connectivity index is 1.62. The van der Waals surface area contributed by atoms with Crippen LogP contribution in [0.1, 0.15) is 24.3 Å². The van der Waals surface area contributed by atoms with Crippen LogP contribution in [-0.2, 0) is 0 Å². The van der Waals surface area contributed by atoms with Crippen molar-refractivity contribution in [2.45, 2.75) is 24.8 Å². The molecule has 1 aliphatic rings. The van der Waals surface area contributed by atoms with Crippen molar-refractivity contribution in [2.24, 2.45) is 0 Å². The van der Waals surface area contributed by atoms with Crippen molar-refractivity contribution in [3.63, 3.8) is 0 Å². The van der Waals surface area contributed by atoms with Crippen molar-refractivity contribution < 1.29 is 0 Å². The maximum Gasteiger partial charge on any atom is 0.0637 e. The van der Waals surface area contributed by atoms with E-state index in [1.165, 1.54) is 10.0 Å². The number of anilines is 1. The highest BCUT2D eigenvalue weighted by Crippen LogP contribution is 2.41. The van der Waals surface area contributed by atoms with Gasteiger partial charge in [-0.05, 0) is 42.5 Å². The van der Waals surface area contributed by atoms with Crippen molar-refractivity contribution in [1.82, 2.24) is 0 Å². The van der Waals surface area contributed by atoms with Gasteiger partial charge in [-0.25, -0.2) is 0 Å². The molecule has 0 unspecified atom stereocenters. The molecule has 0 aliphatic heterocycles. The molecular weight excluding hydrogens is 322 g/mol. The van der Waals surface area contributed by atoms with Crippen LogP contribution in [0.25, 0.3) is 0 Å². The molecule has 1 aliphatic carbocycles. The van der Waals surface area contributed by atoms with Crippen LogP contribution < -0.4 is 5.32 Å². The number of para-hydroxylation sites is 1. The predicted molar refractivity (Wildman–Crippen MR) is 85.0 cm³/mol. The second kappa shape index (κ2) is 5.56. The van der Waals surface area contributed by atoms with Crippen LogP contribution in [0.3, 0.4) is 0 Å². The van der Waals surface area contributed by atoms with E-state index in [0.717, 1.165) is 23.6 Å². The first kappa shape index (κ1) is 13.0. The second-order valence-electron chi connectivity index (χ2n) is 5.01. The second-order valence-corrected chi connectivity index (χ2v) is 6.27. The summed E-state index contributed by atoms with van der Waals surface area (Å²) in [5, 5.41) is 4.32. The van der Waals surface area contributed by atoms with Crippen molar-refractivity contribution in [3.8, 4) is 0 Å². The lowest BCUT2D eigenvalue weighted by molar-refractivity contribution is 0.373. The third-order valence-corrected chi connectivity index (χ3v) is 4.77. The van der Waals surface area contributed by atoms with E-state index in [4.69, 9.17) is 11.6 Å². The van der Waals surface area contributed by atoms with Crippen molar-refractivity contribution in [1.29, 1.82) is 0 Å². The Hall–Kier alpha value is -0.990. The van der Waals surface area contributed by atoms with Crippen LogP contribution in [0.15, 0.2) is 53.0 Å². The Bertz CT molecular complexity index is 578. The van der Waals surface area contributed by atoms with Gasteiger partial charge in [0.1, 0.15) is 0 Å². The van der Waals surface area contributed by atoms with E-state index >= 15 is 0 Å². The molecule has 0 atom stereocenters. The maximum absolute atomic E-state index is 6.16. The lowest BCUT2D eigenvalue weighted by atomic mass is 9.76. The zero-order valence-corrected chi connectivity index (χ0v) is 12.8. The number of hydrogen-bond donors (Lipinski definition) is 1. The molecule has 1 nitrogen and oxygen atoms in total. The van der Waals surface area contributed by atoms with Crippen LogP contribution in [0.5, 0.6) is 0 Å². The largest absolute Gasteiger partial charge is 0.381 e. The topological polar surface area (TPSA) is 12.0 Å². The number of halogens is 2. The van der Waals surface area contributed by atoms with Gasteiger partial charge in [-0.1, -0.05) is 57.9 Å². The average molecular weight is 337 g/mol. The van der Waals surface area contributed by atoms with Crippen LogP contribution in [0, 0.1) is 0 Å². The third kappa shape index (κ3) is 2.80. The smallest absolute Gasteiger partial charge is 0.0637 e. The molecule has 2 aromatic rings. The van der Waals surface area contributed by atoms with E-state index < -0.39 is 0 Å². The van der Waals surface area contributed by atoms with Gasteiger partial charge in [0.25, 0.3) is 0 Å². The standard InChI is InChI=1S/C16H15BrClN/c17-14-6-2-1-5-13(14)11-9-12(10-11)19-16-8-4-3-7-15(16)18/h1-8,11-12,19H,9-10H2. The molecule has 2 aromatic carbocycles. The van der Waals surface area contributed by atoms with E-state index in [0.29, 0.717) is 12.0 Å². The summed E-state index contributed by atoms with van der Waals surface area (Å²) >= 11 is 9.79. The summed E-state index contributed by atoms with van der Waals surface area (Å²) in [7, 11) is 0. The Kier molecular flexibility index (Phi) is 3.81. The molecule has 0 spiro atoms. The van der Waals surface area contributed by atoms with Crippen LogP contribution in [0.4, 0.5) is 5.69 Å². The van der Waals surface area contributed by atoms with E-state index in [2.05, 4.69) is 45.5 Å². The molecule has 0 radical (unpaired) electrons. The summed E-state index contributed by atoms with van der Waals surface area (Å²) < 4.78 is 1.22. The van der Waals surface area contributed by atoms with Gasteiger partial charge in [0.15, 0.2) is 0 Å². The quantitative estimate of drug-likeness (QED) is 0.784. The summed E-state index contributed by atoms with van der Waals surface area (Å²) in [4.78, 5) is 0. The first-order chi connectivity index (χ1) is 9.24. The first-order valence-corrected chi connectivity index (χ1v) is 7.66. The van der Waals surface area contributed by atoms with Gasteiger partial charge >= 0.3 is 0 Å². The fourth-order valence-electron chi connectivity index (χ4n) is 2.59. The van der Waals surface area contributed by atoms with Gasteiger partial charge in [0, 0.05) is 10.5 Å². The summed E-state index contributed by atoms with van der Waals surface area (Å²) in [6.45, 7) is 0. The SMILES string of the molecule is Clc1ccccc1NC1CC(c2ccccc2Br)C1. The van der Waals surface area contributed by atoms with Crippen molar-refractivity contribution in [2.75, 3.05) is 5.32 Å². The van der Waals surface area contributed by atoms with Gasteiger partial charge in [-0.3, -0.25) is 0 Å². The molecule has 98 valence electrons. The van der Waals surface area contributed by atoms with Gasteiger partial charge in [-0.15, -0.1) is 0 Å². The van der Waals surface area contributed by atoms with Gasteiger partial charge in [0.05, 0.1) is 10.7 Å². The lowest BCUT2D eigenvalue weighted by Crippen LogP contribution is -2.34. The zero-order chi connectivity index (χ0) is 13.2. The van der Waals surface area contributed by atoms with Crippen LogP contribution in [0.2, 0.25) is 5.02 Å². The van der Waals surface area contributed by atoms with Crippen molar-refractivity contribution in [3.05, 3.63) is 63.6 Å². The summed E-state index contributed by atoms with van der Waals surface area (Å²) in [5.41, 5.74) is 2.46. The molecule has 19 heavy (non-hydrogen) atoms. The Labute approximate surface area is 127 Å². The minimum absolute atomic E-state index is 0.525. The number of nitrogens with one attached hydrogen (secondary N) is 1. The fourth-order valence-corrected chi connectivity index (χ4v) is 3.39. The lowest BCUT2D eigenvalue weighted by Gasteiger charge is -2.37. The Morgan fingerprint density at radius 1 is 1.00 bits per heavy atom. The van der Waals surface area contributed by atoms with Crippen molar-refractivity contribution >= 4 is 33.2 Å². The summed E-state index contributed by atoms with van der Waals surface area (Å²) in [6, 6.07) is 16.9. The first-order valence-electron chi connectivity index (χ1n) is 6.49. The number of benzene rings is 2. The molecule has 0 aromatic heterocycles. The Morgan fingerprint density at radius 2 is 1.68 bits per heavy atom. The average Bonchev–Trinajstić information content (AvgIpc) is 2.37. The molecule has 0 heterocycles. The number of hydrogen-bond acceptors (Lipinski definition) is 1. The molecular formula is C16H15BrClN. The molecule has 0 bridgehead atoms. The van der Waals surface area contributed by atoms with Crippen LogP contribution in [-0.4, -0.2) is 6.04 Å². The predicted octanol–water partition coefficient (Wildman–Crippen LogP) is 5.46. The third-order valence-electron chi connectivity index (χ3n) is 3.72. The Morgan fingerprint density at radius 3 is 2.42 bits per heavy atom. The normalized spacial score (nSPS) is 21.8. The van der Waals surface area contributed by atoms with Gasteiger partial charge in [0.2, 0.25) is 0 Å². The maximum atomic E-state index is 6.16. The minimum atomic E-state index is 0.525. The summed E-state index contributed by atoms with van der Waals surface area (Å²) in [5.74, 6) is 0.649. The molecule has 0 saturated heterocycles. The molecule has 3 rings (SSSR count). The fraction of sp³-hybridized carbons (Fsp3) is 0.250. The summed E-state index contributed by atoms with van der Waals surface area (Å²) in [6.07, 6.45) is 2.32. The van der Waals surface area contributed by atoms with Crippen LogP contribution >= 0.6 is 27.5 Å². The minimum Gasteiger partial charge on any atom is -0.381 e. The highest BCUT2D eigenvalue weighted by Gasteiger charge is 2.31. The van der Waals surface area contributed by atoms with Gasteiger partial charge in [-0.2, -0.15) is 0 Å². The van der Waals surface area contributed by atoms with E-state index in [1.807, 2.05) is 24.3 Å². The van der Waals surface area contributed by atoms with E-state index in [9.17, 15) is 0 Å². The van der Waals surface area contributed by atoms with Gasteiger partial charge < -0.3 is 5.32 Å². The monoisotopic (exact) mass is 335 g/mol.